The Kier molecular flexibility index (Phi) is 6.89. The van der Waals surface area contributed by atoms with Crippen LogP contribution in [0.1, 0.15) is 27.1 Å². The van der Waals surface area contributed by atoms with Crippen LogP contribution >= 0.6 is 67.8 Å². The van der Waals surface area contributed by atoms with Crippen molar-refractivity contribution in [2.45, 2.75) is 6.42 Å². The minimum atomic E-state index is -1.01. The third-order valence-electron chi connectivity index (χ3n) is 2.45. The third kappa shape index (κ3) is 4.30. The second kappa shape index (κ2) is 7.75. The smallest absolute Gasteiger partial charge is 0.305 e. The van der Waals surface area contributed by atoms with Gasteiger partial charge in [-0.3, -0.25) is 14.4 Å². The van der Waals surface area contributed by atoms with E-state index in [0.29, 0.717) is 16.4 Å². The third-order valence-corrected chi connectivity index (χ3v) is 5.77. The summed E-state index contributed by atoms with van der Waals surface area (Å²) in [5.41, 5.74) is 12.0. The van der Waals surface area contributed by atoms with E-state index in [1.807, 2.05) is 67.8 Å². The SMILES string of the molecule is NC(=O)c1c(I)c(N)c(I)c(C(=O)NCCC(=O)O)c1I. The molecule has 0 bridgehead atoms. The van der Waals surface area contributed by atoms with Crippen molar-refractivity contribution in [1.82, 2.24) is 5.32 Å². The molecule has 0 aliphatic rings. The van der Waals surface area contributed by atoms with Crippen molar-refractivity contribution in [1.29, 1.82) is 0 Å². The van der Waals surface area contributed by atoms with Crippen LogP contribution in [-0.4, -0.2) is 29.4 Å². The number of rotatable bonds is 5. The van der Waals surface area contributed by atoms with Crippen molar-refractivity contribution < 1.29 is 19.5 Å². The van der Waals surface area contributed by atoms with E-state index in [1.54, 1.807) is 0 Å². The molecule has 0 saturated heterocycles. The molecule has 114 valence electrons. The maximum atomic E-state index is 12.2. The van der Waals surface area contributed by atoms with Crippen molar-refractivity contribution in [3.63, 3.8) is 0 Å². The van der Waals surface area contributed by atoms with E-state index in [4.69, 9.17) is 16.6 Å². The monoisotopic (exact) mass is 629 g/mol. The number of nitrogens with one attached hydrogen (secondary N) is 1. The van der Waals surface area contributed by atoms with Crippen molar-refractivity contribution in [3.05, 3.63) is 21.8 Å². The quantitative estimate of drug-likeness (QED) is 0.289. The summed E-state index contributed by atoms with van der Waals surface area (Å²) < 4.78 is 1.39. The first kappa shape index (κ1) is 18.7. The predicted molar refractivity (Wildman–Crippen MR) is 102 cm³/mol. The molecule has 0 spiro atoms. The van der Waals surface area contributed by atoms with Gasteiger partial charge in [-0.15, -0.1) is 0 Å². The number of primary amides is 1. The van der Waals surface area contributed by atoms with Gasteiger partial charge in [-0.05, 0) is 67.8 Å². The van der Waals surface area contributed by atoms with Gasteiger partial charge < -0.3 is 21.9 Å². The van der Waals surface area contributed by atoms with Crippen molar-refractivity contribution in [3.8, 4) is 0 Å². The van der Waals surface area contributed by atoms with E-state index >= 15 is 0 Å². The molecule has 7 nitrogen and oxygen atoms in total. The summed E-state index contributed by atoms with van der Waals surface area (Å²) in [6, 6.07) is 0. The van der Waals surface area contributed by atoms with Gasteiger partial charge in [0.15, 0.2) is 0 Å². The fourth-order valence-electron chi connectivity index (χ4n) is 1.47. The Labute approximate surface area is 161 Å². The average Bonchev–Trinajstić information content (AvgIpc) is 2.35. The second-order valence-electron chi connectivity index (χ2n) is 3.87. The molecule has 1 aromatic rings. The van der Waals surface area contributed by atoms with Gasteiger partial charge in [0.05, 0.1) is 30.4 Å². The number of anilines is 1. The van der Waals surface area contributed by atoms with Crippen LogP contribution < -0.4 is 16.8 Å². The number of carbonyl (C=O) groups is 3. The highest BCUT2D eigenvalue weighted by molar-refractivity contribution is 14.1. The second-order valence-corrected chi connectivity index (χ2v) is 7.11. The molecule has 0 saturated carbocycles. The number of amides is 2. The summed E-state index contributed by atoms with van der Waals surface area (Å²) in [7, 11) is 0. The van der Waals surface area contributed by atoms with Crippen molar-refractivity contribution in [2.24, 2.45) is 5.73 Å². The van der Waals surface area contributed by atoms with Gasteiger partial charge >= 0.3 is 5.97 Å². The summed E-state index contributed by atoms with van der Waals surface area (Å²) in [6.07, 6.45) is -0.193. The maximum Gasteiger partial charge on any atom is 0.305 e. The molecule has 21 heavy (non-hydrogen) atoms. The van der Waals surface area contributed by atoms with Gasteiger partial charge in [0.1, 0.15) is 0 Å². The van der Waals surface area contributed by atoms with Crippen LogP contribution in [0.5, 0.6) is 0 Å². The molecule has 0 unspecified atom stereocenters. The van der Waals surface area contributed by atoms with Crippen molar-refractivity contribution in [2.75, 3.05) is 12.3 Å². The van der Waals surface area contributed by atoms with E-state index in [-0.39, 0.29) is 24.1 Å². The Hall–Kier alpha value is -0.380. The minimum Gasteiger partial charge on any atom is -0.481 e. The molecule has 1 rings (SSSR count). The highest BCUT2D eigenvalue weighted by atomic mass is 127. The van der Waals surface area contributed by atoms with Gasteiger partial charge in [0.25, 0.3) is 11.8 Å². The number of hydrogen-bond donors (Lipinski definition) is 4. The largest absolute Gasteiger partial charge is 0.481 e. The summed E-state index contributed by atoms with van der Waals surface area (Å²) >= 11 is 5.68. The predicted octanol–water partition coefficient (Wildman–Crippen LogP) is 1.39. The van der Waals surface area contributed by atoms with Gasteiger partial charge in [0, 0.05) is 10.1 Å². The zero-order valence-electron chi connectivity index (χ0n) is 10.4. The molecule has 0 radical (unpaired) electrons. The molecule has 1 aromatic carbocycles. The van der Waals surface area contributed by atoms with Crippen LogP contribution in [0.25, 0.3) is 0 Å². The number of halogens is 3. The molecule has 6 N–H and O–H groups in total. The molecular weight excluding hydrogens is 619 g/mol. The van der Waals surface area contributed by atoms with Gasteiger partial charge in [-0.1, -0.05) is 0 Å². The summed E-state index contributed by atoms with van der Waals surface area (Å²) in [5, 5.41) is 11.1. The minimum absolute atomic E-state index is 0.0158. The van der Waals surface area contributed by atoms with E-state index in [9.17, 15) is 14.4 Å². The Morgan fingerprint density at radius 1 is 1.05 bits per heavy atom. The highest BCUT2D eigenvalue weighted by Crippen LogP contribution is 2.33. The first-order valence-corrected chi connectivity index (χ1v) is 8.67. The van der Waals surface area contributed by atoms with Crippen LogP contribution in [0, 0.1) is 10.7 Å². The summed E-state index contributed by atoms with van der Waals surface area (Å²) in [4.78, 5) is 34.2. The maximum absolute atomic E-state index is 12.2. The van der Waals surface area contributed by atoms with E-state index < -0.39 is 17.8 Å². The Morgan fingerprint density at radius 3 is 2.05 bits per heavy atom. The lowest BCUT2D eigenvalue weighted by molar-refractivity contribution is -0.136. The van der Waals surface area contributed by atoms with Crippen LogP contribution in [-0.2, 0) is 4.79 Å². The molecule has 0 heterocycles. The molecule has 0 atom stereocenters. The van der Waals surface area contributed by atoms with Gasteiger partial charge in [-0.2, -0.15) is 0 Å². The highest BCUT2D eigenvalue weighted by Gasteiger charge is 2.25. The standard InChI is InChI=1S/C11H10I3N3O4/c12-6-4(10(16)20)7(13)9(15)8(14)5(6)11(21)17-2-1-3(18)19/h1-2,15H2,(H2,16,20)(H,17,21)(H,18,19). The molecular formula is C11H10I3N3O4. The Morgan fingerprint density at radius 2 is 1.57 bits per heavy atom. The fourth-order valence-corrected chi connectivity index (χ4v) is 5.66. The molecule has 0 fully saturated rings. The van der Waals surface area contributed by atoms with Gasteiger partial charge in [0.2, 0.25) is 0 Å². The molecule has 0 aromatic heterocycles. The first-order valence-electron chi connectivity index (χ1n) is 5.44. The lowest BCUT2D eigenvalue weighted by atomic mass is 10.1. The number of nitrogens with two attached hydrogens (primary N) is 2. The summed E-state index contributed by atoms with van der Waals surface area (Å²) in [5.74, 6) is -2.18. The fraction of sp³-hybridized carbons (Fsp3) is 0.182. The topological polar surface area (TPSA) is 136 Å². The molecule has 10 heteroatoms. The van der Waals surface area contributed by atoms with Gasteiger partial charge in [-0.25, -0.2) is 0 Å². The van der Waals surface area contributed by atoms with Crippen LogP contribution in [0.4, 0.5) is 5.69 Å². The van der Waals surface area contributed by atoms with Crippen LogP contribution in [0.2, 0.25) is 0 Å². The zero-order chi connectivity index (χ0) is 16.3. The number of carbonyl (C=O) groups excluding carboxylic acids is 2. The summed E-state index contributed by atoms with van der Waals surface area (Å²) in [6.45, 7) is -0.0158. The molecule has 2 amide bonds. The number of aliphatic carboxylic acids is 1. The average molecular weight is 629 g/mol. The normalized spacial score (nSPS) is 10.2. The number of benzene rings is 1. The first-order chi connectivity index (χ1) is 9.68. The molecule has 0 aliphatic heterocycles. The van der Waals surface area contributed by atoms with Crippen LogP contribution in [0.15, 0.2) is 0 Å². The molecule has 0 aliphatic carbocycles. The van der Waals surface area contributed by atoms with E-state index in [2.05, 4.69) is 5.32 Å². The lowest BCUT2D eigenvalue weighted by Crippen LogP contribution is -2.29. The van der Waals surface area contributed by atoms with Crippen LogP contribution in [0.3, 0.4) is 0 Å². The number of nitrogen functional groups attached to an aromatic ring is 1. The Balaban J connectivity index is 3.26. The number of hydrogen-bond acceptors (Lipinski definition) is 4. The number of carboxylic acids is 1. The number of carboxylic acid groups (broad SMARTS) is 1. The van der Waals surface area contributed by atoms with Crippen molar-refractivity contribution >= 4 is 91.2 Å². The van der Waals surface area contributed by atoms with E-state index in [1.165, 1.54) is 0 Å². The van der Waals surface area contributed by atoms with E-state index in [0.717, 1.165) is 0 Å². The lowest BCUT2D eigenvalue weighted by Gasteiger charge is -2.15. The zero-order valence-corrected chi connectivity index (χ0v) is 16.8. The Bertz CT molecular complexity index is 634.